The van der Waals surface area contributed by atoms with Crippen molar-refractivity contribution >= 4 is 11.9 Å². The first-order valence-corrected chi connectivity index (χ1v) is 8.71. The van der Waals surface area contributed by atoms with Gasteiger partial charge in [-0.05, 0) is 39.2 Å². The number of carbonyl (C=O) groups is 2. The lowest BCUT2D eigenvalue weighted by molar-refractivity contribution is 0.0525. The van der Waals surface area contributed by atoms with Crippen LogP contribution >= 0.6 is 0 Å². The van der Waals surface area contributed by atoms with Crippen molar-refractivity contribution in [1.29, 1.82) is 0 Å². The molecule has 1 heterocycles. The van der Waals surface area contributed by atoms with Crippen LogP contribution in [0.4, 0.5) is 0 Å². The molecule has 0 unspecified atom stereocenters. The Balaban J connectivity index is 2.09. The van der Waals surface area contributed by atoms with Crippen molar-refractivity contribution in [1.82, 2.24) is 10.3 Å². The lowest BCUT2D eigenvalue weighted by atomic mass is 9.96. The fourth-order valence-electron chi connectivity index (χ4n) is 3.34. The highest BCUT2D eigenvalue weighted by molar-refractivity contribution is 6.00. The van der Waals surface area contributed by atoms with Crippen LogP contribution in [0.5, 0.6) is 0 Å². The average Bonchev–Trinajstić information content (AvgIpc) is 2.77. The van der Waals surface area contributed by atoms with Gasteiger partial charge in [-0.2, -0.15) is 0 Å². The minimum Gasteiger partial charge on any atom is -0.462 e. The van der Waals surface area contributed by atoms with E-state index in [0.717, 1.165) is 12.8 Å². The summed E-state index contributed by atoms with van der Waals surface area (Å²) in [4.78, 5) is 27.7. The van der Waals surface area contributed by atoms with Crippen LogP contribution in [0.1, 0.15) is 84.0 Å². The summed E-state index contributed by atoms with van der Waals surface area (Å²) in [6.07, 6.45) is 8.21. The predicted molar refractivity (Wildman–Crippen MR) is 89.8 cm³/mol. The molecule has 0 atom stereocenters. The van der Waals surface area contributed by atoms with Crippen LogP contribution in [0.2, 0.25) is 0 Å². The second kappa shape index (κ2) is 8.18. The maximum absolute atomic E-state index is 12.6. The van der Waals surface area contributed by atoms with Crippen molar-refractivity contribution < 1.29 is 14.3 Å². The van der Waals surface area contributed by atoms with E-state index in [0.29, 0.717) is 29.1 Å². The summed E-state index contributed by atoms with van der Waals surface area (Å²) in [6.45, 7) is 5.69. The molecule has 1 aliphatic rings. The van der Waals surface area contributed by atoms with E-state index >= 15 is 0 Å². The number of carbonyl (C=O) groups excluding carboxylic acids is 2. The van der Waals surface area contributed by atoms with Gasteiger partial charge in [-0.1, -0.05) is 32.1 Å². The second-order valence-electron chi connectivity index (χ2n) is 6.36. The van der Waals surface area contributed by atoms with Crippen molar-refractivity contribution in [3.05, 3.63) is 22.5 Å². The first kappa shape index (κ1) is 17.6. The normalized spacial score (nSPS) is 16.5. The molecule has 5 nitrogen and oxygen atoms in total. The second-order valence-corrected chi connectivity index (χ2v) is 6.36. The molecule has 23 heavy (non-hydrogen) atoms. The number of aromatic nitrogens is 1. The molecule has 2 rings (SSSR count). The Morgan fingerprint density at radius 2 is 1.74 bits per heavy atom. The Morgan fingerprint density at radius 1 is 1.13 bits per heavy atom. The molecule has 1 fully saturated rings. The van der Waals surface area contributed by atoms with E-state index in [1.54, 1.807) is 20.8 Å². The number of hydrogen-bond donors (Lipinski definition) is 2. The van der Waals surface area contributed by atoms with Crippen molar-refractivity contribution in [2.24, 2.45) is 0 Å². The van der Waals surface area contributed by atoms with Gasteiger partial charge < -0.3 is 15.0 Å². The van der Waals surface area contributed by atoms with E-state index in [4.69, 9.17) is 4.74 Å². The zero-order valence-electron chi connectivity index (χ0n) is 14.5. The molecular formula is C18H28N2O3. The number of hydrogen-bond acceptors (Lipinski definition) is 3. The van der Waals surface area contributed by atoms with Crippen molar-refractivity contribution in [2.45, 2.75) is 71.8 Å². The van der Waals surface area contributed by atoms with E-state index in [1.807, 2.05) is 0 Å². The van der Waals surface area contributed by atoms with Gasteiger partial charge in [-0.15, -0.1) is 0 Å². The van der Waals surface area contributed by atoms with E-state index in [1.165, 1.54) is 32.1 Å². The van der Waals surface area contributed by atoms with Crippen LogP contribution in [0, 0.1) is 13.8 Å². The highest BCUT2D eigenvalue weighted by Crippen LogP contribution is 2.21. The minimum atomic E-state index is -0.372. The lowest BCUT2D eigenvalue weighted by Gasteiger charge is -2.20. The summed E-state index contributed by atoms with van der Waals surface area (Å²) in [5.41, 5.74) is 2.32. The molecule has 128 valence electrons. The molecule has 1 aromatic rings. The average molecular weight is 320 g/mol. The van der Waals surface area contributed by atoms with Gasteiger partial charge in [-0.3, -0.25) is 4.79 Å². The van der Waals surface area contributed by atoms with Crippen LogP contribution in [0.3, 0.4) is 0 Å². The third-order valence-electron chi connectivity index (χ3n) is 4.58. The topological polar surface area (TPSA) is 71.2 Å². The zero-order valence-corrected chi connectivity index (χ0v) is 14.5. The highest BCUT2D eigenvalue weighted by Gasteiger charge is 2.24. The number of aromatic amines is 1. The number of nitrogens with one attached hydrogen (secondary N) is 2. The summed E-state index contributed by atoms with van der Waals surface area (Å²) in [5.74, 6) is -0.490. The highest BCUT2D eigenvalue weighted by atomic mass is 16.5. The molecule has 0 bridgehead atoms. The van der Waals surface area contributed by atoms with Crippen LogP contribution in [-0.4, -0.2) is 29.5 Å². The van der Waals surface area contributed by atoms with Crippen molar-refractivity contribution in [3.63, 3.8) is 0 Å². The molecule has 0 saturated heterocycles. The number of rotatable bonds is 4. The summed E-state index contributed by atoms with van der Waals surface area (Å²) in [7, 11) is 0. The molecule has 1 aliphatic carbocycles. The van der Waals surface area contributed by atoms with Crippen LogP contribution < -0.4 is 5.32 Å². The molecule has 2 N–H and O–H groups in total. The Labute approximate surface area is 138 Å². The number of amides is 1. The Morgan fingerprint density at radius 3 is 2.35 bits per heavy atom. The van der Waals surface area contributed by atoms with Gasteiger partial charge in [0.05, 0.1) is 12.2 Å². The van der Waals surface area contributed by atoms with Crippen molar-refractivity contribution in [2.75, 3.05) is 6.61 Å². The molecule has 0 radical (unpaired) electrons. The molecule has 1 saturated carbocycles. The minimum absolute atomic E-state index is 0.119. The number of ether oxygens (including phenoxy) is 1. The molecule has 5 heteroatoms. The molecule has 0 spiro atoms. The fourth-order valence-corrected chi connectivity index (χ4v) is 3.34. The summed E-state index contributed by atoms with van der Waals surface area (Å²) in [6, 6.07) is 0.233. The number of esters is 1. The van der Waals surface area contributed by atoms with Gasteiger partial charge in [0.2, 0.25) is 0 Å². The third-order valence-corrected chi connectivity index (χ3v) is 4.58. The summed E-state index contributed by atoms with van der Waals surface area (Å²) in [5, 5.41) is 3.13. The maximum atomic E-state index is 12.6. The van der Waals surface area contributed by atoms with Gasteiger partial charge >= 0.3 is 5.97 Å². The van der Waals surface area contributed by atoms with Gasteiger partial charge in [0.15, 0.2) is 0 Å². The largest absolute Gasteiger partial charge is 0.462 e. The smallest absolute Gasteiger partial charge is 0.340 e. The van der Waals surface area contributed by atoms with Crippen LogP contribution in [0.15, 0.2) is 0 Å². The van der Waals surface area contributed by atoms with Crippen LogP contribution in [0.25, 0.3) is 0 Å². The quantitative estimate of drug-likeness (QED) is 0.832. The first-order valence-electron chi connectivity index (χ1n) is 8.71. The molecular weight excluding hydrogens is 292 g/mol. The van der Waals surface area contributed by atoms with Crippen molar-refractivity contribution in [3.8, 4) is 0 Å². The Hall–Kier alpha value is -1.78. The molecule has 0 aliphatic heterocycles. The Bertz CT molecular complexity index is 555. The number of aryl methyl sites for hydroxylation is 1. The third kappa shape index (κ3) is 4.36. The lowest BCUT2D eigenvalue weighted by Crippen LogP contribution is -2.35. The maximum Gasteiger partial charge on any atom is 0.340 e. The van der Waals surface area contributed by atoms with E-state index in [9.17, 15) is 9.59 Å². The van der Waals surface area contributed by atoms with Gasteiger partial charge in [-0.25, -0.2) is 4.79 Å². The van der Waals surface area contributed by atoms with E-state index < -0.39 is 0 Å². The number of H-pyrrole nitrogens is 1. The Kier molecular flexibility index (Phi) is 6.25. The predicted octanol–water partition coefficient (Wildman–Crippen LogP) is 3.65. The first-order chi connectivity index (χ1) is 11.0. The van der Waals surface area contributed by atoms with Gasteiger partial charge in [0.1, 0.15) is 5.69 Å². The molecule has 1 amide bonds. The SMILES string of the molecule is CCOC(=O)c1c(C)[nH]c(C(=O)NC2CCCCCCC2)c1C. The molecule has 1 aromatic heterocycles. The molecule has 0 aromatic carbocycles. The zero-order chi connectivity index (χ0) is 16.8. The van der Waals surface area contributed by atoms with E-state index in [2.05, 4.69) is 10.3 Å². The fraction of sp³-hybridized carbons (Fsp3) is 0.667. The summed E-state index contributed by atoms with van der Waals surface area (Å²) < 4.78 is 5.07. The van der Waals surface area contributed by atoms with Gasteiger partial charge in [0.25, 0.3) is 5.91 Å². The standard InChI is InChI=1S/C18H28N2O3/c1-4-23-18(22)15-12(2)16(19-13(15)3)17(21)20-14-10-8-6-5-7-9-11-14/h14,19H,4-11H2,1-3H3,(H,20,21). The monoisotopic (exact) mass is 320 g/mol. The summed E-state index contributed by atoms with van der Waals surface area (Å²) >= 11 is 0. The van der Waals surface area contributed by atoms with Crippen LogP contribution in [-0.2, 0) is 4.74 Å². The van der Waals surface area contributed by atoms with Gasteiger partial charge in [0, 0.05) is 11.7 Å². The van der Waals surface area contributed by atoms with E-state index in [-0.39, 0.29) is 17.9 Å².